The average molecular weight is 669 g/mol. The molecule has 3 aromatic rings. The Kier molecular flexibility index (Phi) is 10.6. The van der Waals surface area contributed by atoms with E-state index in [1.165, 1.54) is 38.1 Å². The fraction of sp³-hybridized carbons (Fsp3) is 0.310. The number of carbonyl (C=O) groups is 2. The molecule has 0 spiro atoms. The lowest BCUT2D eigenvalue weighted by Gasteiger charge is -2.26. The van der Waals surface area contributed by atoms with Crippen LogP contribution in [0.2, 0.25) is 0 Å². The molecule has 0 aliphatic rings. The van der Waals surface area contributed by atoms with E-state index < -0.39 is 70.5 Å². The smallest absolute Gasteiger partial charge is 0.446 e. The molecule has 3 aromatic carbocycles. The number of carbonyl (C=O) groups excluding carboxylic acids is 1. The minimum absolute atomic E-state index is 0.0162. The highest BCUT2D eigenvalue weighted by molar-refractivity contribution is 8.00. The van der Waals surface area contributed by atoms with Crippen LogP contribution >= 0.6 is 11.8 Å². The van der Waals surface area contributed by atoms with Crippen LogP contribution in [0.5, 0.6) is 5.75 Å². The van der Waals surface area contributed by atoms with E-state index in [0.29, 0.717) is 17.7 Å². The van der Waals surface area contributed by atoms with Crippen LogP contribution in [0.25, 0.3) is 0 Å². The predicted octanol–water partition coefficient (Wildman–Crippen LogP) is 8.85. The topological polar surface area (TPSA) is 78.9 Å². The lowest BCUT2D eigenvalue weighted by Crippen LogP contribution is -2.37. The van der Waals surface area contributed by atoms with E-state index in [1.807, 2.05) is 0 Å². The minimum atomic E-state index is -5.19. The van der Waals surface area contributed by atoms with Crippen molar-refractivity contribution in [1.29, 1.82) is 0 Å². The van der Waals surface area contributed by atoms with Crippen molar-refractivity contribution in [2.45, 2.75) is 55.2 Å². The number of hydrogen-bond donors (Lipinski definition) is 2. The number of halogens is 9. The molecule has 0 aliphatic carbocycles. The number of aliphatic carboxylic acids is 1. The Bertz CT molecular complexity index is 1490. The average Bonchev–Trinajstić information content (AvgIpc) is 2.90. The Morgan fingerprint density at radius 2 is 1.44 bits per heavy atom. The molecule has 3 rings (SSSR count). The van der Waals surface area contributed by atoms with Crippen molar-refractivity contribution in [2.24, 2.45) is 0 Å². The van der Waals surface area contributed by atoms with Gasteiger partial charge in [0.15, 0.2) is 5.60 Å². The van der Waals surface area contributed by atoms with Crippen LogP contribution in [0.4, 0.5) is 50.0 Å². The molecular weight excluding hydrogens is 643 g/mol. The van der Waals surface area contributed by atoms with Crippen molar-refractivity contribution < 1.29 is 58.9 Å². The Morgan fingerprint density at radius 3 is 1.96 bits per heavy atom. The fourth-order valence-electron chi connectivity index (χ4n) is 3.88. The number of alkyl halides is 9. The molecule has 0 aromatic heterocycles. The fourth-order valence-corrected chi connectivity index (χ4v) is 4.42. The summed E-state index contributed by atoms with van der Waals surface area (Å²) in [5, 5.41) is 11.6. The summed E-state index contributed by atoms with van der Waals surface area (Å²) in [6.45, 7) is 1.65. The van der Waals surface area contributed by atoms with Crippen molar-refractivity contribution >= 4 is 29.4 Å². The maximum absolute atomic E-state index is 13.8. The van der Waals surface area contributed by atoms with Crippen LogP contribution in [0, 0.1) is 0 Å². The second-order valence-electron chi connectivity index (χ2n) is 10.1. The minimum Gasteiger partial charge on any atom is -0.478 e. The molecule has 0 bridgehead atoms. The van der Waals surface area contributed by atoms with E-state index >= 15 is 0 Å². The van der Waals surface area contributed by atoms with Crippen LogP contribution < -0.4 is 10.1 Å². The highest BCUT2D eigenvalue weighted by Crippen LogP contribution is 2.39. The number of ether oxygens (including phenoxy) is 1. The monoisotopic (exact) mass is 668 g/mol. The van der Waals surface area contributed by atoms with Gasteiger partial charge in [-0.2, -0.15) is 39.5 Å². The maximum atomic E-state index is 13.8. The molecular formula is C29H25F9N2O4S. The molecule has 6 nitrogen and oxygen atoms in total. The molecule has 0 radical (unpaired) electrons. The number of benzene rings is 3. The number of carboxylic acids is 1. The van der Waals surface area contributed by atoms with Crippen molar-refractivity contribution in [1.82, 2.24) is 4.90 Å². The van der Waals surface area contributed by atoms with Gasteiger partial charge < -0.3 is 20.1 Å². The largest absolute Gasteiger partial charge is 0.478 e. The van der Waals surface area contributed by atoms with E-state index in [2.05, 4.69) is 5.32 Å². The molecule has 0 saturated carbocycles. The number of urea groups is 1. The molecule has 0 saturated heterocycles. The summed E-state index contributed by atoms with van der Waals surface area (Å²) < 4.78 is 124. The third-order valence-electron chi connectivity index (χ3n) is 6.21. The van der Waals surface area contributed by atoms with E-state index in [4.69, 9.17) is 4.74 Å². The number of rotatable bonds is 10. The van der Waals surface area contributed by atoms with Gasteiger partial charge >= 0.3 is 29.9 Å². The third-order valence-corrected chi connectivity index (χ3v) is 6.95. The van der Waals surface area contributed by atoms with Crippen LogP contribution in [0.1, 0.15) is 36.1 Å². The molecule has 2 amide bonds. The second-order valence-corrected chi connectivity index (χ2v) is 11.2. The van der Waals surface area contributed by atoms with E-state index in [1.54, 1.807) is 0 Å². The van der Waals surface area contributed by atoms with Crippen molar-refractivity contribution in [3.05, 3.63) is 89.0 Å². The highest BCUT2D eigenvalue weighted by atomic mass is 32.2. The van der Waals surface area contributed by atoms with Gasteiger partial charge in [-0.05, 0) is 91.7 Å². The Balaban J connectivity index is 1.87. The quantitative estimate of drug-likeness (QED) is 0.167. The summed E-state index contributed by atoms with van der Waals surface area (Å²) in [5.74, 6) is -1.02. The summed E-state index contributed by atoms with van der Waals surface area (Å²) in [6.07, 6.45) is -10.2. The van der Waals surface area contributed by atoms with Gasteiger partial charge in [0, 0.05) is 23.7 Å². The number of thioether (sulfide) groups is 1. The Morgan fingerprint density at radius 1 is 0.844 bits per heavy atom. The molecule has 2 N–H and O–H groups in total. The van der Waals surface area contributed by atoms with Gasteiger partial charge in [0.25, 0.3) is 0 Å². The molecule has 0 atom stereocenters. The summed E-state index contributed by atoms with van der Waals surface area (Å²) >= 11 is -0.394. The molecule has 0 aliphatic heterocycles. The number of nitrogens with zero attached hydrogens (tertiary/aromatic N) is 1. The van der Waals surface area contributed by atoms with Crippen LogP contribution in [0.3, 0.4) is 0 Å². The van der Waals surface area contributed by atoms with Gasteiger partial charge in [-0.15, -0.1) is 0 Å². The first-order valence-corrected chi connectivity index (χ1v) is 13.7. The number of carboxylic acid groups (broad SMARTS) is 1. The number of anilines is 1. The first-order chi connectivity index (χ1) is 20.6. The number of nitrogens with one attached hydrogen (secondary N) is 1. The lowest BCUT2D eigenvalue weighted by molar-refractivity contribution is -0.152. The third kappa shape index (κ3) is 10.5. The SMILES string of the molecule is CC(C)(Oc1ccc(CCN(Cc2ccc(C(F)(F)F)cc2C(F)(F)F)C(=O)Nc2ccc(SC(F)(F)F)cc2)cc1)C(=O)O. The second kappa shape index (κ2) is 13.5. The zero-order chi connectivity index (χ0) is 33.8. The normalized spacial score (nSPS) is 12.5. The van der Waals surface area contributed by atoms with Gasteiger partial charge in [0.05, 0.1) is 11.1 Å². The van der Waals surface area contributed by atoms with Gasteiger partial charge in [-0.25, -0.2) is 9.59 Å². The van der Waals surface area contributed by atoms with Gasteiger partial charge in [-0.3, -0.25) is 0 Å². The maximum Gasteiger partial charge on any atom is 0.446 e. The summed E-state index contributed by atoms with van der Waals surface area (Å²) in [5.41, 5.74) is -9.28. The van der Waals surface area contributed by atoms with Crippen molar-refractivity contribution in [3.63, 3.8) is 0 Å². The van der Waals surface area contributed by atoms with E-state index in [-0.39, 0.29) is 35.4 Å². The Labute approximate surface area is 255 Å². The lowest BCUT2D eigenvalue weighted by atomic mass is 10.0. The van der Waals surface area contributed by atoms with Crippen LogP contribution in [-0.4, -0.2) is 39.7 Å². The van der Waals surface area contributed by atoms with Gasteiger partial charge in [0.1, 0.15) is 5.75 Å². The Hall–Kier alpha value is -4.08. The summed E-state index contributed by atoms with van der Waals surface area (Å²) in [7, 11) is 0. The summed E-state index contributed by atoms with van der Waals surface area (Å²) in [6, 6.07) is 10.5. The number of amides is 2. The molecule has 0 fully saturated rings. The molecule has 0 heterocycles. The van der Waals surface area contributed by atoms with E-state index in [0.717, 1.165) is 29.2 Å². The van der Waals surface area contributed by atoms with Crippen molar-refractivity contribution in [3.8, 4) is 5.75 Å². The zero-order valence-electron chi connectivity index (χ0n) is 23.4. The standard InChI is InChI=1S/C29H25F9N2O4S/c1-26(2,24(41)42)44-21-9-3-17(4-10-21)13-14-40(25(43)39-20-7-11-22(12-8-20)45-29(36,37)38)16-18-5-6-19(27(30,31)32)15-23(18)28(33,34)35/h3-12,15H,13-14,16H2,1-2H3,(H,39,43)(H,41,42). The van der Waals surface area contributed by atoms with E-state index in [9.17, 15) is 54.2 Å². The predicted molar refractivity (Wildman–Crippen MR) is 147 cm³/mol. The van der Waals surface area contributed by atoms with Crippen LogP contribution in [0.15, 0.2) is 71.6 Å². The van der Waals surface area contributed by atoms with Crippen LogP contribution in [-0.2, 0) is 30.1 Å². The highest BCUT2D eigenvalue weighted by Gasteiger charge is 2.38. The molecule has 16 heteroatoms. The molecule has 244 valence electrons. The first-order valence-electron chi connectivity index (χ1n) is 12.8. The number of hydrogen-bond acceptors (Lipinski definition) is 4. The van der Waals surface area contributed by atoms with Crippen molar-refractivity contribution in [2.75, 3.05) is 11.9 Å². The summed E-state index contributed by atoms with van der Waals surface area (Å²) in [4.78, 5) is 25.2. The van der Waals surface area contributed by atoms with Gasteiger partial charge in [0.2, 0.25) is 0 Å². The molecule has 45 heavy (non-hydrogen) atoms. The van der Waals surface area contributed by atoms with Gasteiger partial charge in [-0.1, -0.05) is 18.2 Å². The first kappa shape index (κ1) is 35.4. The zero-order valence-corrected chi connectivity index (χ0v) is 24.2. The molecule has 0 unspecified atom stereocenters.